The monoisotopic (exact) mass is 115 g/mol. The lowest BCUT2D eigenvalue weighted by atomic mass is 10.4. The van der Waals surface area contributed by atoms with Gasteiger partial charge in [0, 0.05) is 13.6 Å². The van der Waals surface area contributed by atoms with Crippen LogP contribution in [0.25, 0.3) is 0 Å². The zero-order chi connectivity index (χ0) is 6.57. The van der Waals surface area contributed by atoms with Crippen LogP contribution in [0.3, 0.4) is 0 Å². The minimum absolute atomic E-state index is 0.145. The third-order valence-electron chi connectivity index (χ3n) is 0.970. The Labute approximate surface area is 50.0 Å². The highest BCUT2D eigenvalue weighted by Crippen LogP contribution is 1.81. The largest absolute Gasteiger partial charge is 0.370 e. The SMILES string of the molecule is CCCN(C)C(=N)N. The Balaban J connectivity index is 3.32. The van der Waals surface area contributed by atoms with Crippen LogP contribution in [0, 0.1) is 5.41 Å². The molecule has 0 atom stereocenters. The Hall–Kier alpha value is -0.730. The second-order valence-electron chi connectivity index (χ2n) is 1.81. The van der Waals surface area contributed by atoms with Crippen molar-refractivity contribution in [2.45, 2.75) is 13.3 Å². The lowest BCUT2D eigenvalue weighted by molar-refractivity contribution is 0.492. The molecule has 0 amide bonds. The van der Waals surface area contributed by atoms with E-state index in [9.17, 15) is 0 Å². The molecule has 0 aliphatic carbocycles. The lowest BCUT2D eigenvalue weighted by Gasteiger charge is -2.13. The van der Waals surface area contributed by atoms with Crippen LogP contribution in [0.2, 0.25) is 0 Å². The average Bonchev–Trinajstić information content (AvgIpc) is 1.67. The normalized spacial score (nSPS) is 8.75. The number of hydrogen-bond acceptors (Lipinski definition) is 1. The van der Waals surface area contributed by atoms with E-state index in [1.54, 1.807) is 4.90 Å². The molecule has 0 saturated carbocycles. The van der Waals surface area contributed by atoms with Crippen LogP contribution in [0.1, 0.15) is 13.3 Å². The van der Waals surface area contributed by atoms with Gasteiger partial charge in [-0.1, -0.05) is 6.92 Å². The fourth-order valence-corrected chi connectivity index (χ4v) is 0.456. The summed E-state index contributed by atoms with van der Waals surface area (Å²) in [7, 11) is 1.81. The van der Waals surface area contributed by atoms with Gasteiger partial charge in [0.1, 0.15) is 0 Å². The van der Waals surface area contributed by atoms with E-state index in [0.29, 0.717) is 0 Å². The molecule has 3 nitrogen and oxygen atoms in total. The number of hydrogen-bond donors (Lipinski definition) is 2. The van der Waals surface area contributed by atoms with Crippen LogP contribution < -0.4 is 5.73 Å². The van der Waals surface area contributed by atoms with Crippen molar-refractivity contribution in [2.24, 2.45) is 5.73 Å². The van der Waals surface area contributed by atoms with Gasteiger partial charge < -0.3 is 10.6 Å². The van der Waals surface area contributed by atoms with Gasteiger partial charge in [-0.05, 0) is 6.42 Å². The number of nitrogens with two attached hydrogens (primary N) is 1. The summed E-state index contributed by atoms with van der Waals surface area (Å²) in [5.41, 5.74) is 5.13. The molecule has 0 aromatic rings. The molecule has 0 fully saturated rings. The Morgan fingerprint density at radius 3 is 2.38 bits per heavy atom. The standard InChI is InChI=1S/C5H13N3/c1-3-4-8(2)5(6)7/h3-4H2,1-2H3,(H3,6,7). The third kappa shape index (κ3) is 2.44. The third-order valence-corrected chi connectivity index (χ3v) is 0.970. The maximum absolute atomic E-state index is 6.91. The summed E-state index contributed by atoms with van der Waals surface area (Å²) < 4.78 is 0. The van der Waals surface area contributed by atoms with Gasteiger partial charge >= 0.3 is 0 Å². The van der Waals surface area contributed by atoms with Crippen LogP contribution in [0.4, 0.5) is 0 Å². The predicted octanol–water partition coefficient (Wildman–Crippen LogP) is 0.222. The Morgan fingerprint density at radius 1 is 1.75 bits per heavy atom. The van der Waals surface area contributed by atoms with Crippen molar-refractivity contribution in [3.05, 3.63) is 0 Å². The van der Waals surface area contributed by atoms with Crippen molar-refractivity contribution in [3.8, 4) is 0 Å². The smallest absolute Gasteiger partial charge is 0.188 e. The van der Waals surface area contributed by atoms with Crippen molar-refractivity contribution >= 4 is 5.96 Å². The van der Waals surface area contributed by atoms with Crippen LogP contribution in [-0.2, 0) is 0 Å². The van der Waals surface area contributed by atoms with E-state index in [2.05, 4.69) is 6.92 Å². The van der Waals surface area contributed by atoms with Crippen LogP contribution >= 0.6 is 0 Å². The fourth-order valence-electron chi connectivity index (χ4n) is 0.456. The molecule has 0 bridgehead atoms. The fraction of sp³-hybridized carbons (Fsp3) is 0.800. The molecule has 0 aliphatic heterocycles. The number of nitrogens with zero attached hydrogens (tertiary/aromatic N) is 1. The molecular formula is C5H13N3. The predicted molar refractivity (Wildman–Crippen MR) is 34.8 cm³/mol. The molecule has 8 heavy (non-hydrogen) atoms. The van der Waals surface area contributed by atoms with Crippen LogP contribution in [0.5, 0.6) is 0 Å². The topological polar surface area (TPSA) is 53.1 Å². The highest BCUT2D eigenvalue weighted by molar-refractivity contribution is 5.74. The zero-order valence-electron chi connectivity index (χ0n) is 5.44. The molecule has 3 heteroatoms. The molecule has 3 N–H and O–H groups in total. The minimum Gasteiger partial charge on any atom is -0.370 e. The second kappa shape index (κ2) is 3.29. The minimum atomic E-state index is 0.145. The molecular weight excluding hydrogens is 102 g/mol. The summed E-state index contributed by atoms with van der Waals surface area (Å²) in [5, 5.41) is 6.91. The average molecular weight is 115 g/mol. The van der Waals surface area contributed by atoms with E-state index in [-0.39, 0.29) is 5.96 Å². The molecule has 0 aliphatic rings. The molecule has 0 spiro atoms. The van der Waals surface area contributed by atoms with E-state index >= 15 is 0 Å². The van der Waals surface area contributed by atoms with Gasteiger partial charge in [-0.3, -0.25) is 5.41 Å². The number of guanidine groups is 1. The van der Waals surface area contributed by atoms with E-state index in [4.69, 9.17) is 11.1 Å². The Morgan fingerprint density at radius 2 is 2.25 bits per heavy atom. The van der Waals surface area contributed by atoms with Gasteiger partial charge in [0.2, 0.25) is 0 Å². The summed E-state index contributed by atoms with van der Waals surface area (Å²) in [6.45, 7) is 2.93. The summed E-state index contributed by atoms with van der Waals surface area (Å²) in [6, 6.07) is 0. The quantitative estimate of drug-likeness (QED) is 0.399. The maximum Gasteiger partial charge on any atom is 0.188 e. The van der Waals surface area contributed by atoms with Gasteiger partial charge in [-0.25, -0.2) is 0 Å². The van der Waals surface area contributed by atoms with E-state index in [1.165, 1.54) is 0 Å². The lowest BCUT2D eigenvalue weighted by Crippen LogP contribution is -2.33. The first-order valence-electron chi connectivity index (χ1n) is 2.73. The summed E-state index contributed by atoms with van der Waals surface area (Å²) >= 11 is 0. The van der Waals surface area contributed by atoms with E-state index in [1.807, 2.05) is 7.05 Å². The van der Waals surface area contributed by atoms with Crippen molar-refractivity contribution in [2.75, 3.05) is 13.6 Å². The number of rotatable bonds is 2. The maximum atomic E-state index is 6.91. The van der Waals surface area contributed by atoms with Crippen molar-refractivity contribution in [1.29, 1.82) is 5.41 Å². The molecule has 0 aromatic heterocycles. The first kappa shape index (κ1) is 7.27. The van der Waals surface area contributed by atoms with Gasteiger partial charge in [-0.15, -0.1) is 0 Å². The molecule has 0 heterocycles. The summed E-state index contributed by atoms with van der Waals surface area (Å²) in [4.78, 5) is 1.71. The second-order valence-corrected chi connectivity index (χ2v) is 1.81. The van der Waals surface area contributed by atoms with Crippen LogP contribution in [0.15, 0.2) is 0 Å². The Kier molecular flexibility index (Phi) is 2.99. The Bertz CT molecular complexity index is 79.7. The van der Waals surface area contributed by atoms with Gasteiger partial charge in [0.05, 0.1) is 0 Å². The molecule has 0 saturated heterocycles. The van der Waals surface area contributed by atoms with Crippen LogP contribution in [-0.4, -0.2) is 24.5 Å². The van der Waals surface area contributed by atoms with E-state index in [0.717, 1.165) is 13.0 Å². The summed E-state index contributed by atoms with van der Waals surface area (Å²) in [6.07, 6.45) is 1.04. The number of nitrogens with one attached hydrogen (secondary N) is 1. The first-order chi connectivity index (χ1) is 3.68. The zero-order valence-corrected chi connectivity index (χ0v) is 5.44. The van der Waals surface area contributed by atoms with Gasteiger partial charge in [-0.2, -0.15) is 0 Å². The first-order valence-corrected chi connectivity index (χ1v) is 2.73. The van der Waals surface area contributed by atoms with Crippen molar-refractivity contribution < 1.29 is 0 Å². The highest BCUT2D eigenvalue weighted by atomic mass is 15.2. The summed E-state index contributed by atoms with van der Waals surface area (Å²) in [5.74, 6) is 0.145. The molecule has 0 aromatic carbocycles. The van der Waals surface area contributed by atoms with E-state index < -0.39 is 0 Å². The molecule has 48 valence electrons. The molecule has 0 rings (SSSR count). The van der Waals surface area contributed by atoms with Crippen molar-refractivity contribution in [1.82, 2.24) is 4.90 Å². The van der Waals surface area contributed by atoms with Gasteiger partial charge in [0.15, 0.2) is 5.96 Å². The van der Waals surface area contributed by atoms with Crippen molar-refractivity contribution in [3.63, 3.8) is 0 Å². The molecule has 0 radical (unpaired) electrons. The van der Waals surface area contributed by atoms with Gasteiger partial charge in [0.25, 0.3) is 0 Å². The molecule has 0 unspecified atom stereocenters. The highest BCUT2D eigenvalue weighted by Gasteiger charge is 1.93.